The molecular weight excluding hydrogens is 182 g/mol. The molecule has 0 atom stereocenters. The van der Waals surface area contributed by atoms with Gasteiger partial charge in [0, 0.05) is 12.3 Å². The van der Waals surface area contributed by atoms with Crippen LogP contribution in [-0.4, -0.2) is 24.7 Å². The molecule has 0 N–H and O–H groups in total. The minimum absolute atomic E-state index is 0.141. The molecule has 0 aliphatic carbocycles. The van der Waals surface area contributed by atoms with Gasteiger partial charge in [0.1, 0.15) is 5.69 Å². The molecule has 4 nitrogen and oxygen atoms in total. The number of aryl methyl sites for hydroxylation is 1. The van der Waals surface area contributed by atoms with E-state index >= 15 is 0 Å². The van der Waals surface area contributed by atoms with Crippen molar-refractivity contribution in [2.45, 2.75) is 13.8 Å². The fourth-order valence-corrected chi connectivity index (χ4v) is 0.959. The Bertz CT molecular complexity index is 312. The highest BCUT2D eigenvalue weighted by atomic mass is 16.7. The molecule has 1 aromatic heterocycles. The summed E-state index contributed by atoms with van der Waals surface area (Å²) >= 11 is 0. The van der Waals surface area contributed by atoms with Crippen LogP contribution in [0.1, 0.15) is 23.1 Å². The molecule has 0 unspecified atom stereocenters. The van der Waals surface area contributed by atoms with Gasteiger partial charge in [-0.3, -0.25) is 4.79 Å². The van der Waals surface area contributed by atoms with Crippen LogP contribution in [0.4, 0.5) is 0 Å². The average Bonchev–Trinajstić information content (AvgIpc) is 2.20. The van der Waals surface area contributed by atoms with Gasteiger partial charge in [-0.2, -0.15) is 0 Å². The first kappa shape index (κ1) is 10.7. The number of nitrogens with zero attached hydrogens (tertiary/aromatic N) is 1. The maximum absolute atomic E-state index is 10.6. The molecule has 76 valence electrons. The molecule has 0 aromatic carbocycles. The Morgan fingerprint density at radius 3 is 2.93 bits per heavy atom. The van der Waals surface area contributed by atoms with Crippen molar-refractivity contribution in [3.8, 4) is 5.75 Å². The number of carbonyl (C=O) groups is 1. The van der Waals surface area contributed by atoms with E-state index in [0.717, 1.165) is 5.69 Å². The Morgan fingerprint density at radius 2 is 2.29 bits per heavy atom. The van der Waals surface area contributed by atoms with Gasteiger partial charge in [-0.05, 0) is 26.0 Å². The number of aromatic nitrogens is 1. The van der Waals surface area contributed by atoms with Crippen molar-refractivity contribution in [3.63, 3.8) is 0 Å². The lowest BCUT2D eigenvalue weighted by atomic mass is 10.3. The summed E-state index contributed by atoms with van der Waals surface area (Å²) in [5, 5.41) is 0. The van der Waals surface area contributed by atoms with E-state index in [9.17, 15) is 4.79 Å². The largest absolute Gasteiger partial charge is 0.465 e. The standard InChI is InChI=1S/C10H13NO3/c1-3-13-7-14-10-5-4-8(2)11-9(10)6-12/h4-6H,3,7H2,1-2H3. The van der Waals surface area contributed by atoms with Crippen molar-refractivity contribution in [1.82, 2.24) is 4.98 Å². The highest BCUT2D eigenvalue weighted by Crippen LogP contribution is 2.14. The lowest BCUT2D eigenvalue weighted by molar-refractivity contribution is 0.0218. The number of carbonyl (C=O) groups excluding carboxylic acids is 1. The van der Waals surface area contributed by atoms with Crippen molar-refractivity contribution < 1.29 is 14.3 Å². The van der Waals surface area contributed by atoms with Crippen LogP contribution in [-0.2, 0) is 4.74 Å². The smallest absolute Gasteiger partial charge is 0.189 e. The molecule has 0 aliphatic heterocycles. The molecule has 14 heavy (non-hydrogen) atoms. The minimum atomic E-state index is 0.141. The zero-order chi connectivity index (χ0) is 10.4. The number of hydrogen-bond donors (Lipinski definition) is 0. The van der Waals surface area contributed by atoms with Gasteiger partial charge in [0.2, 0.25) is 0 Å². The van der Waals surface area contributed by atoms with Crippen LogP contribution < -0.4 is 4.74 Å². The lowest BCUT2D eigenvalue weighted by Crippen LogP contribution is -2.05. The molecule has 1 heterocycles. The number of rotatable bonds is 5. The lowest BCUT2D eigenvalue weighted by Gasteiger charge is -2.07. The first-order chi connectivity index (χ1) is 6.77. The molecule has 1 aromatic rings. The third-order valence-corrected chi connectivity index (χ3v) is 1.64. The van der Waals surface area contributed by atoms with E-state index < -0.39 is 0 Å². The number of pyridine rings is 1. The first-order valence-corrected chi connectivity index (χ1v) is 4.41. The van der Waals surface area contributed by atoms with E-state index in [1.807, 2.05) is 13.8 Å². The minimum Gasteiger partial charge on any atom is -0.465 e. The Balaban J connectivity index is 2.70. The monoisotopic (exact) mass is 195 g/mol. The van der Waals surface area contributed by atoms with E-state index in [-0.39, 0.29) is 6.79 Å². The van der Waals surface area contributed by atoms with E-state index in [2.05, 4.69) is 4.98 Å². The van der Waals surface area contributed by atoms with Crippen molar-refractivity contribution in [1.29, 1.82) is 0 Å². The molecule has 0 fully saturated rings. The second kappa shape index (κ2) is 5.34. The first-order valence-electron chi connectivity index (χ1n) is 4.41. The third-order valence-electron chi connectivity index (χ3n) is 1.64. The second-order valence-electron chi connectivity index (χ2n) is 2.71. The quantitative estimate of drug-likeness (QED) is 0.406. The predicted octanol–water partition coefficient (Wildman–Crippen LogP) is 1.58. The van der Waals surface area contributed by atoms with E-state index in [4.69, 9.17) is 9.47 Å². The summed E-state index contributed by atoms with van der Waals surface area (Å²) in [5.41, 5.74) is 1.10. The van der Waals surface area contributed by atoms with Gasteiger partial charge in [0.25, 0.3) is 0 Å². The summed E-state index contributed by atoms with van der Waals surface area (Å²) in [5.74, 6) is 0.457. The van der Waals surface area contributed by atoms with Gasteiger partial charge in [0.15, 0.2) is 18.8 Å². The average molecular weight is 195 g/mol. The van der Waals surface area contributed by atoms with Crippen LogP contribution in [0, 0.1) is 6.92 Å². The number of aldehydes is 1. The molecule has 0 bridgehead atoms. The third kappa shape index (κ3) is 2.81. The van der Waals surface area contributed by atoms with Crippen molar-refractivity contribution >= 4 is 6.29 Å². The molecule has 1 rings (SSSR count). The van der Waals surface area contributed by atoms with Crippen molar-refractivity contribution in [2.75, 3.05) is 13.4 Å². The molecule has 0 spiro atoms. The Labute approximate surface area is 82.9 Å². The SMILES string of the molecule is CCOCOc1ccc(C)nc1C=O. The number of hydrogen-bond acceptors (Lipinski definition) is 4. The molecule has 0 radical (unpaired) electrons. The Hall–Kier alpha value is -1.42. The number of ether oxygens (including phenoxy) is 2. The van der Waals surface area contributed by atoms with E-state index in [1.54, 1.807) is 12.1 Å². The fourth-order valence-electron chi connectivity index (χ4n) is 0.959. The van der Waals surface area contributed by atoms with Crippen LogP contribution in [0.5, 0.6) is 5.75 Å². The van der Waals surface area contributed by atoms with Gasteiger partial charge in [-0.1, -0.05) is 0 Å². The normalized spacial score (nSPS) is 9.86. The van der Waals surface area contributed by atoms with Crippen LogP contribution >= 0.6 is 0 Å². The molecule has 0 aliphatic rings. The predicted molar refractivity (Wildman–Crippen MR) is 51.5 cm³/mol. The maximum Gasteiger partial charge on any atom is 0.189 e. The van der Waals surface area contributed by atoms with E-state index in [0.29, 0.717) is 24.3 Å². The Kier molecular flexibility index (Phi) is 4.07. The van der Waals surface area contributed by atoms with Crippen LogP contribution in [0.3, 0.4) is 0 Å². The van der Waals surface area contributed by atoms with Crippen molar-refractivity contribution in [3.05, 3.63) is 23.5 Å². The molecule has 0 amide bonds. The molecule has 4 heteroatoms. The summed E-state index contributed by atoms with van der Waals surface area (Å²) < 4.78 is 10.2. The summed E-state index contributed by atoms with van der Waals surface area (Å²) in [7, 11) is 0. The van der Waals surface area contributed by atoms with Gasteiger partial charge < -0.3 is 9.47 Å². The maximum atomic E-state index is 10.6. The van der Waals surface area contributed by atoms with Gasteiger partial charge in [0.05, 0.1) is 0 Å². The topological polar surface area (TPSA) is 48.4 Å². The summed E-state index contributed by atoms with van der Waals surface area (Å²) in [4.78, 5) is 14.7. The molecule has 0 saturated carbocycles. The van der Waals surface area contributed by atoms with Gasteiger partial charge >= 0.3 is 0 Å². The molecule has 0 saturated heterocycles. The summed E-state index contributed by atoms with van der Waals surface area (Å²) in [6, 6.07) is 3.50. The van der Waals surface area contributed by atoms with Gasteiger partial charge in [-0.25, -0.2) is 4.98 Å². The van der Waals surface area contributed by atoms with Crippen molar-refractivity contribution in [2.24, 2.45) is 0 Å². The zero-order valence-corrected chi connectivity index (χ0v) is 8.32. The fraction of sp³-hybridized carbons (Fsp3) is 0.400. The highest BCUT2D eigenvalue weighted by molar-refractivity contribution is 5.76. The highest BCUT2D eigenvalue weighted by Gasteiger charge is 2.03. The second-order valence-corrected chi connectivity index (χ2v) is 2.71. The molecular formula is C10H13NO3. The summed E-state index contributed by atoms with van der Waals surface area (Å²) in [6.45, 7) is 4.41. The van der Waals surface area contributed by atoms with E-state index in [1.165, 1.54) is 0 Å². The van der Waals surface area contributed by atoms with Crippen LogP contribution in [0.2, 0.25) is 0 Å². The Morgan fingerprint density at radius 1 is 1.50 bits per heavy atom. The van der Waals surface area contributed by atoms with Crippen LogP contribution in [0.15, 0.2) is 12.1 Å². The van der Waals surface area contributed by atoms with Crippen LogP contribution in [0.25, 0.3) is 0 Å². The zero-order valence-electron chi connectivity index (χ0n) is 8.32. The summed E-state index contributed by atoms with van der Waals surface area (Å²) in [6.07, 6.45) is 0.675. The van der Waals surface area contributed by atoms with Gasteiger partial charge in [-0.15, -0.1) is 0 Å².